The van der Waals surface area contributed by atoms with Gasteiger partial charge in [-0.15, -0.1) is 0 Å². The number of hydrogen-bond donors (Lipinski definition) is 1. The zero-order valence-electron chi connectivity index (χ0n) is 4.33. The highest BCUT2D eigenvalue weighted by atomic mass is 31.1. The van der Waals surface area contributed by atoms with Crippen molar-refractivity contribution in [1.29, 1.82) is 0 Å². The fourth-order valence-corrected chi connectivity index (χ4v) is 0.517. The van der Waals surface area contributed by atoms with Crippen LogP contribution in [0.15, 0.2) is 0 Å². The zero-order valence-corrected chi connectivity index (χ0v) is 5.22. The maximum Gasteiger partial charge on any atom is 0.555 e. The maximum atomic E-state index is 10.2. The van der Waals surface area contributed by atoms with Gasteiger partial charge in [0.2, 0.25) is 0 Å². The molecule has 0 spiro atoms. The van der Waals surface area contributed by atoms with E-state index in [0.29, 0.717) is 0 Å². The largest absolute Gasteiger partial charge is 0.555 e. The molecule has 0 saturated heterocycles. The third kappa shape index (κ3) is 2.66. The summed E-state index contributed by atoms with van der Waals surface area (Å²) < 4.78 is 14.5. The van der Waals surface area contributed by atoms with Crippen LogP contribution in [0.25, 0.3) is 0 Å². The van der Waals surface area contributed by atoms with Gasteiger partial charge in [0.15, 0.2) is 0 Å². The molecule has 46 valence electrons. The van der Waals surface area contributed by atoms with Gasteiger partial charge >= 0.3 is 13.5 Å². The number of hydrogen-bond acceptors (Lipinski definition) is 3. The van der Waals surface area contributed by atoms with Crippen molar-refractivity contribution in [3.63, 3.8) is 0 Å². The molecule has 1 unspecified atom stereocenters. The Morgan fingerprint density at radius 3 is 2.50 bits per heavy atom. The van der Waals surface area contributed by atoms with Crippen molar-refractivity contribution in [2.45, 2.75) is 0 Å². The Labute approximate surface area is 47.2 Å². The molecular weight excluding hydrogens is 131 g/mol. The first kappa shape index (κ1) is 7.53. The van der Waals surface area contributed by atoms with Gasteiger partial charge in [-0.3, -0.25) is 0 Å². The summed E-state index contributed by atoms with van der Waals surface area (Å²) in [7, 11) is -0.893. The standard InChI is InChI=1S/C3H5O4P/c1-7-2-8(6)3(4)5/h2H2,1H3/p+1. The lowest BCUT2D eigenvalue weighted by molar-refractivity contribution is 0.215. The number of carbonyl (C=O) groups is 1. The van der Waals surface area contributed by atoms with Gasteiger partial charge in [0.25, 0.3) is 6.35 Å². The number of rotatable bonds is 3. The quantitative estimate of drug-likeness (QED) is 0.591. The van der Waals surface area contributed by atoms with Crippen LogP contribution >= 0.6 is 7.80 Å². The van der Waals surface area contributed by atoms with Crippen LogP contribution in [0, 0.1) is 0 Å². The van der Waals surface area contributed by atoms with E-state index in [4.69, 9.17) is 5.11 Å². The van der Waals surface area contributed by atoms with E-state index in [1.54, 1.807) is 0 Å². The summed E-state index contributed by atoms with van der Waals surface area (Å²) in [5.74, 6) is 0. The highest BCUT2D eigenvalue weighted by Crippen LogP contribution is 2.19. The minimum absolute atomic E-state index is 0.204. The Kier molecular flexibility index (Phi) is 3.31. The summed E-state index contributed by atoms with van der Waals surface area (Å²) in [5.41, 5.74) is -1.30. The van der Waals surface area contributed by atoms with Gasteiger partial charge in [-0.1, -0.05) is 4.57 Å². The Morgan fingerprint density at radius 1 is 1.88 bits per heavy atom. The second kappa shape index (κ2) is 3.52. The monoisotopic (exact) mass is 137 g/mol. The molecule has 0 aromatic heterocycles. The molecule has 1 N–H and O–H groups in total. The molecule has 0 aliphatic carbocycles. The van der Waals surface area contributed by atoms with Gasteiger partial charge in [0.1, 0.15) is 0 Å². The van der Waals surface area contributed by atoms with Crippen molar-refractivity contribution in [3.05, 3.63) is 0 Å². The van der Waals surface area contributed by atoms with E-state index >= 15 is 0 Å². The maximum absolute atomic E-state index is 10.2. The summed E-state index contributed by atoms with van der Waals surface area (Å²) in [4.78, 5) is 9.73. The average Bonchev–Trinajstić information content (AvgIpc) is 1.67. The minimum atomic E-state index is -2.20. The van der Waals surface area contributed by atoms with Crippen LogP contribution in [0.2, 0.25) is 0 Å². The van der Waals surface area contributed by atoms with Crippen LogP contribution < -0.4 is 0 Å². The Bertz CT molecular complexity index is 110. The summed E-state index contributed by atoms with van der Waals surface area (Å²) in [6.45, 7) is 0. The molecule has 5 heteroatoms. The van der Waals surface area contributed by atoms with E-state index in [1.165, 1.54) is 7.11 Å². The highest BCUT2D eigenvalue weighted by molar-refractivity contribution is 7.62. The van der Waals surface area contributed by atoms with Crippen molar-refractivity contribution in [1.82, 2.24) is 0 Å². The molecule has 0 aliphatic rings. The van der Waals surface area contributed by atoms with Gasteiger partial charge in [-0.2, -0.15) is 4.79 Å². The molecule has 0 amide bonds. The predicted molar refractivity (Wildman–Crippen MR) is 27.5 cm³/mol. The average molecular weight is 137 g/mol. The van der Waals surface area contributed by atoms with Gasteiger partial charge in [-0.25, -0.2) is 0 Å². The molecule has 0 aromatic carbocycles. The van der Waals surface area contributed by atoms with Crippen molar-refractivity contribution in [2.24, 2.45) is 0 Å². The highest BCUT2D eigenvalue weighted by Gasteiger charge is 2.26. The first-order chi connectivity index (χ1) is 3.68. The molecular formula is C3H6O4P+. The SMILES string of the molecule is COC[P+](=O)C(=O)O. The second-order valence-electron chi connectivity index (χ2n) is 1.08. The molecule has 4 nitrogen and oxygen atoms in total. The fraction of sp³-hybridized carbons (Fsp3) is 0.667. The Morgan fingerprint density at radius 2 is 2.38 bits per heavy atom. The molecule has 0 heterocycles. The van der Waals surface area contributed by atoms with Gasteiger partial charge < -0.3 is 9.84 Å². The van der Waals surface area contributed by atoms with Crippen LogP contribution in [-0.2, 0) is 9.30 Å². The van der Waals surface area contributed by atoms with E-state index in [0.717, 1.165) is 0 Å². The normalized spacial score (nSPS) is 10.9. The van der Waals surface area contributed by atoms with Crippen molar-refractivity contribution in [2.75, 3.05) is 13.5 Å². The second-order valence-corrected chi connectivity index (χ2v) is 2.48. The summed E-state index contributed by atoms with van der Waals surface area (Å²) in [6, 6.07) is 0. The molecule has 0 fully saturated rings. The molecule has 0 bridgehead atoms. The zero-order chi connectivity index (χ0) is 6.57. The lowest BCUT2D eigenvalue weighted by Crippen LogP contribution is -1.88. The van der Waals surface area contributed by atoms with E-state index < -0.39 is 13.5 Å². The number of ether oxygens (including phenoxy) is 1. The lowest BCUT2D eigenvalue weighted by atomic mass is 11.5. The van der Waals surface area contributed by atoms with Gasteiger partial charge in [0, 0.05) is 7.11 Å². The molecule has 0 aromatic rings. The van der Waals surface area contributed by atoms with Gasteiger partial charge in [0.05, 0.1) is 0 Å². The Hall–Kier alpha value is -0.470. The summed E-state index contributed by atoms with van der Waals surface area (Å²) >= 11 is 0. The third-order valence-electron chi connectivity index (χ3n) is 0.460. The molecule has 8 heavy (non-hydrogen) atoms. The van der Waals surface area contributed by atoms with Crippen LogP contribution in [0.5, 0.6) is 0 Å². The first-order valence-electron chi connectivity index (χ1n) is 1.85. The van der Waals surface area contributed by atoms with E-state index in [2.05, 4.69) is 4.74 Å². The van der Waals surface area contributed by atoms with Crippen LogP contribution in [0.1, 0.15) is 0 Å². The van der Waals surface area contributed by atoms with Gasteiger partial charge in [-0.05, 0) is 0 Å². The van der Waals surface area contributed by atoms with Crippen molar-refractivity contribution >= 4 is 13.5 Å². The molecule has 0 aliphatic heterocycles. The summed E-state index contributed by atoms with van der Waals surface area (Å²) in [6.07, 6.45) is -0.204. The molecule has 1 atom stereocenters. The van der Waals surface area contributed by atoms with Crippen LogP contribution in [0.4, 0.5) is 4.79 Å². The molecule has 0 rings (SSSR count). The predicted octanol–water partition coefficient (Wildman–Crippen LogP) is 1.10. The number of methoxy groups -OCH3 is 1. The van der Waals surface area contributed by atoms with Crippen molar-refractivity contribution in [3.8, 4) is 0 Å². The van der Waals surface area contributed by atoms with Crippen LogP contribution in [-0.4, -0.2) is 24.3 Å². The van der Waals surface area contributed by atoms with E-state index in [1.807, 2.05) is 0 Å². The summed E-state index contributed by atoms with van der Waals surface area (Å²) in [5, 5.41) is 7.95. The lowest BCUT2D eigenvalue weighted by Gasteiger charge is -1.76. The van der Waals surface area contributed by atoms with E-state index in [9.17, 15) is 9.36 Å². The number of carboxylic acid groups (broad SMARTS) is 1. The van der Waals surface area contributed by atoms with Crippen LogP contribution in [0.3, 0.4) is 0 Å². The van der Waals surface area contributed by atoms with E-state index in [-0.39, 0.29) is 6.35 Å². The fourth-order valence-electron chi connectivity index (χ4n) is 0.172. The van der Waals surface area contributed by atoms with Crippen molar-refractivity contribution < 1.29 is 19.2 Å². The molecule has 0 saturated carbocycles. The topological polar surface area (TPSA) is 63.6 Å². The Balaban J connectivity index is 3.49. The first-order valence-corrected chi connectivity index (χ1v) is 3.29. The minimum Gasteiger partial charge on any atom is -0.443 e. The molecule has 0 radical (unpaired) electrons. The smallest absolute Gasteiger partial charge is 0.443 e. The third-order valence-corrected chi connectivity index (χ3v) is 1.38.